The summed E-state index contributed by atoms with van der Waals surface area (Å²) in [6.07, 6.45) is 3.11. The van der Waals surface area contributed by atoms with Gasteiger partial charge < -0.3 is 18.8 Å². The first-order valence-electron chi connectivity index (χ1n) is 8.83. The van der Waals surface area contributed by atoms with Gasteiger partial charge in [0.05, 0.1) is 19.4 Å². The SMILES string of the molecule is COCCCOc1cc(C/C(=N\[S@+]([O-])C(C)(C)C)C(C)C)cnc1OC. The van der Waals surface area contributed by atoms with Crippen LogP contribution >= 0.6 is 0 Å². The minimum atomic E-state index is -1.28. The van der Waals surface area contributed by atoms with Crippen LogP contribution in [0.15, 0.2) is 16.7 Å². The largest absolute Gasteiger partial charge is 0.591 e. The summed E-state index contributed by atoms with van der Waals surface area (Å²) in [5, 5.41) is 0. The van der Waals surface area contributed by atoms with Gasteiger partial charge in [0.1, 0.15) is 16.1 Å². The van der Waals surface area contributed by atoms with E-state index >= 15 is 0 Å². The first kappa shape index (κ1) is 22.7. The quantitative estimate of drug-likeness (QED) is 0.350. The molecule has 0 amide bonds. The van der Waals surface area contributed by atoms with E-state index in [0.29, 0.717) is 31.3 Å². The molecule has 0 aliphatic carbocycles. The smallest absolute Gasteiger partial charge is 0.256 e. The molecule has 0 aliphatic rings. The third-order valence-electron chi connectivity index (χ3n) is 3.59. The Labute approximate surface area is 160 Å². The Hall–Kier alpha value is -1.31. The Bertz CT molecular complexity index is 585. The number of hydrogen-bond acceptors (Lipinski definition) is 6. The molecule has 0 aromatic carbocycles. The Balaban J connectivity index is 2.96. The van der Waals surface area contributed by atoms with Crippen LogP contribution in [0.1, 0.15) is 46.6 Å². The Morgan fingerprint density at radius 1 is 1.27 bits per heavy atom. The van der Waals surface area contributed by atoms with Gasteiger partial charge in [-0.25, -0.2) is 4.98 Å². The average molecular weight is 385 g/mol. The molecule has 0 saturated heterocycles. The molecule has 0 bridgehead atoms. The van der Waals surface area contributed by atoms with Gasteiger partial charge in [0.25, 0.3) is 5.88 Å². The summed E-state index contributed by atoms with van der Waals surface area (Å²) in [6, 6.07) is 1.91. The third kappa shape index (κ3) is 7.51. The van der Waals surface area contributed by atoms with Crippen molar-refractivity contribution in [2.24, 2.45) is 10.3 Å². The Morgan fingerprint density at radius 2 is 1.96 bits per heavy atom. The lowest BCUT2D eigenvalue weighted by Gasteiger charge is -2.20. The number of methoxy groups -OCH3 is 2. The van der Waals surface area contributed by atoms with Gasteiger partial charge in [0, 0.05) is 32.8 Å². The molecular formula is C19H32N2O4S. The second-order valence-electron chi connectivity index (χ2n) is 7.32. The zero-order valence-corrected chi connectivity index (χ0v) is 17.8. The summed E-state index contributed by atoms with van der Waals surface area (Å²) in [4.78, 5) is 4.33. The third-order valence-corrected chi connectivity index (χ3v) is 5.04. The first-order valence-corrected chi connectivity index (χ1v) is 9.93. The van der Waals surface area contributed by atoms with Crippen molar-refractivity contribution in [1.82, 2.24) is 4.98 Å². The lowest BCUT2D eigenvalue weighted by atomic mass is 10.0. The summed E-state index contributed by atoms with van der Waals surface area (Å²) in [5.41, 5.74) is 1.83. The fourth-order valence-corrected chi connectivity index (χ4v) is 2.77. The van der Waals surface area contributed by atoms with E-state index in [1.807, 2.05) is 26.8 Å². The van der Waals surface area contributed by atoms with Gasteiger partial charge in [-0.15, -0.1) is 0 Å². The van der Waals surface area contributed by atoms with Crippen LogP contribution in [0.2, 0.25) is 0 Å². The number of pyridine rings is 1. The molecule has 0 fully saturated rings. The zero-order chi connectivity index (χ0) is 19.7. The standard InChI is InChI=1S/C19H32N2O4S/c1-14(2)16(21-26(22)19(3,4)5)11-15-12-17(18(24-7)20-13-15)25-10-8-9-23-6/h12-14H,8-11H2,1-7H3/b21-16+/t26-/m1/s1. The molecule has 1 heterocycles. The van der Waals surface area contributed by atoms with Crippen LogP contribution in [0.4, 0.5) is 0 Å². The van der Waals surface area contributed by atoms with Gasteiger partial charge in [-0.2, -0.15) is 0 Å². The van der Waals surface area contributed by atoms with Gasteiger partial charge in [0.2, 0.25) is 0 Å². The maximum atomic E-state index is 12.4. The molecule has 0 radical (unpaired) electrons. The topological polar surface area (TPSA) is 76.0 Å². The van der Waals surface area contributed by atoms with E-state index in [1.54, 1.807) is 20.4 Å². The van der Waals surface area contributed by atoms with E-state index in [9.17, 15) is 4.55 Å². The van der Waals surface area contributed by atoms with Crippen molar-refractivity contribution in [2.75, 3.05) is 27.4 Å². The monoisotopic (exact) mass is 384 g/mol. The molecule has 1 rings (SSSR count). The van der Waals surface area contributed by atoms with Crippen molar-refractivity contribution in [3.8, 4) is 11.6 Å². The highest BCUT2D eigenvalue weighted by Crippen LogP contribution is 2.26. The molecule has 1 aromatic heterocycles. The van der Waals surface area contributed by atoms with E-state index in [2.05, 4.69) is 23.2 Å². The van der Waals surface area contributed by atoms with Gasteiger partial charge >= 0.3 is 0 Å². The van der Waals surface area contributed by atoms with Gasteiger partial charge in [0.15, 0.2) is 5.75 Å². The average Bonchev–Trinajstić information content (AvgIpc) is 2.57. The summed E-state index contributed by atoms with van der Waals surface area (Å²) < 4.78 is 32.6. The number of nitrogens with zero attached hydrogens (tertiary/aromatic N) is 2. The number of hydrogen-bond donors (Lipinski definition) is 0. The second-order valence-corrected chi connectivity index (χ2v) is 9.23. The van der Waals surface area contributed by atoms with E-state index in [0.717, 1.165) is 17.7 Å². The molecule has 0 N–H and O–H groups in total. The van der Waals surface area contributed by atoms with Crippen molar-refractivity contribution in [3.63, 3.8) is 0 Å². The molecule has 0 saturated carbocycles. The zero-order valence-electron chi connectivity index (χ0n) is 17.0. The van der Waals surface area contributed by atoms with Crippen LogP contribution in [-0.2, 0) is 22.5 Å². The Morgan fingerprint density at radius 3 is 2.50 bits per heavy atom. The molecule has 0 unspecified atom stereocenters. The fraction of sp³-hybridized carbons (Fsp3) is 0.684. The van der Waals surface area contributed by atoms with Gasteiger partial charge in [-0.05, 0) is 38.3 Å². The molecule has 0 aliphatic heterocycles. The summed E-state index contributed by atoms with van der Waals surface area (Å²) in [5.74, 6) is 1.24. The molecule has 1 atom stereocenters. The molecule has 6 nitrogen and oxygen atoms in total. The number of rotatable bonds is 10. The minimum Gasteiger partial charge on any atom is -0.591 e. The van der Waals surface area contributed by atoms with Crippen LogP contribution in [0.5, 0.6) is 11.6 Å². The maximum Gasteiger partial charge on any atom is 0.256 e. The van der Waals surface area contributed by atoms with Crippen LogP contribution in [0.25, 0.3) is 0 Å². The van der Waals surface area contributed by atoms with Crippen molar-refractivity contribution >= 4 is 17.1 Å². The van der Waals surface area contributed by atoms with Crippen molar-refractivity contribution in [1.29, 1.82) is 0 Å². The van der Waals surface area contributed by atoms with Crippen LogP contribution in [0.3, 0.4) is 0 Å². The van der Waals surface area contributed by atoms with Crippen molar-refractivity contribution in [2.45, 2.75) is 52.2 Å². The second kappa shape index (κ2) is 10.7. The van der Waals surface area contributed by atoms with Crippen molar-refractivity contribution in [3.05, 3.63) is 17.8 Å². The molecule has 26 heavy (non-hydrogen) atoms. The van der Waals surface area contributed by atoms with Gasteiger partial charge in [-0.3, -0.25) is 0 Å². The van der Waals surface area contributed by atoms with E-state index in [4.69, 9.17) is 14.2 Å². The molecule has 1 aromatic rings. The van der Waals surface area contributed by atoms with Crippen LogP contribution < -0.4 is 9.47 Å². The maximum absolute atomic E-state index is 12.4. The molecule has 0 spiro atoms. The highest BCUT2D eigenvalue weighted by Gasteiger charge is 2.27. The van der Waals surface area contributed by atoms with Crippen LogP contribution in [-0.4, -0.2) is 47.4 Å². The summed E-state index contributed by atoms with van der Waals surface area (Å²) >= 11 is -1.28. The highest BCUT2D eigenvalue weighted by molar-refractivity contribution is 7.91. The van der Waals surface area contributed by atoms with Crippen LogP contribution in [0, 0.1) is 5.92 Å². The molecular weight excluding hydrogens is 352 g/mol. The predicted molar refractivity (Wildman–Crippen MR) is 107 cm³/mol. The van der Waals surface area contributed by atoms with E-state index < -0.39 is 11.4 Å². The predicted octanol–water partition coefficient (Wildman–Crippen LogP) is 3.61. The lowest BCUT2D eigenvalue weighted by Crippen LogP contribution is -2.28. The highest BCUT2D eigenvalue weighted by atomic mass is 32.2. The fourth-order valence-electron chi connectivity index (χ4n) is 2.01. The Kier molecular flexibility index (Phi) is 9.39. The summed E-state index contributed by atoms with van der Waals surface area (Å²) in [7, 11) is 3.23. The van der Waals surface area contributed by atoms with E-state index in [-0.39, 0.29) is 10.7 Å². The molecule has 7 heteroatoms. The van der Waals surface area contributed by atoms with E-state index in [1.165, 1.54) is 0 Å². The minimum absolute atomic E-state index is 0.189. The lowest BCUT2D eigenvalue weighted by molar-refractivity contribution is 0.170. The first-order chi connectivity index (χ1) is 12.2. The van der Waals surface area contributed by atoms with Gasteiger partial charge in [-0.1, -0.05) is 18.2 Å². The number of aromatic nitrogens is 1. The molecule has 148 valence electrons. The normalized spacial score (nSPS) is 13.8. The number of ether oxygens (including phenoxy) is 3. The summed E-state index contributed by atoms with van der Waals surface area (Å²) in [6.45, 7) is 11.0. The van der Waals surface area contributed by atoms with Crippen molar-refractivity contribution < 1.29 is 18.8 Å².